The molecule has 2 aromatic carbocycles. The first-order valence-electron chi connectivity index (χ1n) is 11.4. The fourth-order valence-electron chi connectivity index (χ4n) is 4.63. The van der Waals surface area contributed by atoms with E-state index >= 15 is 0 Å². The molecule has 0 unspecified atom stereocenters. The first kappa shape index (κ1) is 22.1. The van der Waals surface area contributed by atoms with Gasteiger partial charge in [0, 0.05) is 37.6 Å². The van der Waals surface area contributed by atoms with Crippen molar-refractivity contribution in [3.8, 4) is 23.0 Å². The van der Waals surface area contributed by atoms with E-state index in [9.17, 15) is 9.59 Å². The van der Waals surface area contributed by atoms with Gasteiger partial charge in [0.15, 0.2) is 11.5 Å². The second-order valence-corrected chi connectivity index (χ2v) is 8.71. The van der Waals surface area contributed by atoms with Gasteiger partial charge in [-0.05, 0) is 41.8 Å². The van der Waals surface area contributed by atoms with Gasteiger partial charge in [0.2, 0.25) is 0 Å². The van der Waals surface area contributed by atoms with Crippen LogP contribution in [0.15, 0.2) is 47.3 Å². The van der Waals surface area contributed by atoms with Crippen LogP contribution in [0.4, 0.5) is 0 Å². The SMILES string of the molecule is COc1cc([C@H]2CC(=O)Oc3cc(C)n(C)c(=O)c32)ccc1OCCc1ccc2c(c1)CCO2. The number of fused-ring (bicyclic) bond motifs is 2. The van der Waals surface area contributed by atoms with E-state index in [0.717, 1.165) is 36.5 Å². The second-order valence-electron chi connectivity index (χ2n) is 8.71. The van der Waals surface area contributed by atoms with E-state index in [1.54, 1.807) is 24.8 Å². The molecule has 0 N–H and O–H groups in total. The van der Waals surface area contributed by atoms with Crippen molar-refractivity contribution in [3.05, 3.63) is 80.8 Å². The van der Waals surface area contributed by atoms with Gasteiger partial charge in [0.05, 0.1) is 32.3 Å². The van der Waals surface area contributed by atoms with Crippen molar-refractivity contribution >= 4 is 5.97 Å². The normalized spacial score (nSPS) is 16.3. The zero-order valence-corrected chi connectivity index (χ0v) is 19.6. The number of hydrogen-bond acceptors (Lipinski definition) is 6. The average Bonchev–Trinajstić information content (AvgIpc) is 3.30. The Morgan fingerprint density at radius 2 is 1.91 bits per heavy atom. The number of carbonyl (C=O) groups excluding carboxylic acids is 1. The molecule has 2 aliphatic heterocycles. The van der Waals surface area contributed by atoms with Gasteiger partial charge < -0.3 is 23.5 Å². The maximum Gasteiger partial charge on any atom is 0.312 e. The molecule has 1 atom stereocenters. The fraction of sp³-hybridized carbons (Fsp3) is 0.333. The molecule has 0 saturated carbocycles. The molecule has 34 heavy (non-hydrogen) atoms. The molecule has 3 aromatic rings. The van der Waals surface area contributed by atoms with Crippen LogP contribution in [0, 0.1) is 6.92 Å². The topological polar surface area (TPSA) is 76.0 Å². The van der Waals surface area contributed by atoms with Crippen molar-refractivity contribution in [2.75, 3.05) is 20.3 Å². The minimum atomic E-state index is -0.410. The van der Waals surface area contributed by atoms with E-state index in [1.807, 2.05) is 31.2 Å². The molecule has 7 nitrogen and oxygen atoms in total. The van der Waals surface area contributed by atoms with Crippen LogP contribution in [-0.2, 0) is 24.7 Å². The summed E-state index contributed by atoms with van der Waals surface area (Å²) in [5.74, 6) is 1.72. The summed E-state index contributed by atoms with van der Waals surface area (Å²) in [5, 5.41) is 0. The third-order valence-electron chi connectivity index (χ3n) is 6.60. The summed E-state index contributed by atoms with van der Waals surface area (Å²) in [7, 11) is 3.30. The number of aryl methyl sites for hydroxylation is 1. The zero-order chi connectivity index (χ0) is 23.8. The Hall–Kier alpha value is -3.74. The molecule has 0 amide bonds. The fourth-order valence-corrected chi connectivity index (χ4v) is 4.63. The van der Waals surface area contributed by atoms with E-state index in [4.69, 9.17) is 18.9 Å². The van der Waals surface area contributed by atoms with E-state index < -0.39 is 5.92 Å². The highest BCUT2D eigenvalue weighted by molar-refractivity contribution is 5.77. The Morgan fingerprint density at radius 1 is 1.06 bits per heavy atom. The molecule has 7 heteroatoms. The first-order valence-corrected chi connectivity index (χ1v) is 11.4. The smallest absolute Gasteiger partial charge is 0.312 e. The van der Waals surface area contributed by atoms with Crippen LogP contribution < -0.4 is 24.5 Å². The molecule has 0 aliphatic carbocycles. The molecule has 1 aromatic heterocycles. The van der Waals surface area contributed by atoms with E-state index in [-0.39, 0.29) is 17.9 Å². The molecule has 5 rings (SSSR count). The maximum atomic E-state index is 13.0. The Labute approximate surface area is 197 Å². The molecule has 0 spiro atoms. The monoisotopic (exact) mass is 461 g/mol. The number of benzene rings is 2. The van der Waals surface area contributed by atoms with Crippen LogP contribution in [0.3, 0.4) is 0 Å². The minimum absolute atomic E-state index is 0.0940. The van der Waals surface area contributed by atoms with Gasteiger partial charge in [-0.3, -0.25) is 9.59 Å². The number of esters is 1. The van der Waals surface area contributed by atoms with Gasteiger partial charge in [0.25, 0.3) is 5.56 Å². The molecule has 0 bridgehead atoms. The number of carbonyl (C=O) groups is 1. The molecule has 2 aliphatic rings. The number of hydrogen-bond donors (Lipinski definition) is 0. The van der Waals surface area contributed by atoms with Crippen LogP contribution in [0.25, 0.3) is 0 Å². The summed E-state index contributed by atoms with van der Waals surface area (Å²) in [4.78, 5) is 25.3. The number of aromatic nitrogens is 1. The molecular weight excluding hydrogens is 434 g/mol. The quantitative estimate of drug-likeness (QED) is 0.521. The van der Waals surface area contributed by atoms with Crippen molar-refractivity contribution in [2.45, 2.75) is 32.1 Å². The third-order valence-corrected chi connectivity index (χ3v) is 6.60. The first-order chi connectivity index (χ1) is 16.4. The van der Waals surface area contributed by atoms with Crippen molar-refractivity contribution in [3.63, 3.8) is 0 Å². The van der Waals surface area contributed by atoms with Crippen LogP contribution >= 0.6 is 0 Å². The number of rotatable bonds is 6. The van der Waals surface area contributed by atoms with Crippen LogP contribution in [0.5, 0.6) is 23.0 Å². The lowest BCUT2D eigenvalue weighted by molar-refractivity contribution is -0.135. The van der Waals surface area contributed by atoms with E-state index in [1.165, 1.54) is 11.1 Å². The number of nitrogens with zero attached hydrogens (tertiary/aromatic N) is 1. The molecule has 0 fully saturated rings. The average molecular weight is 462 g/mol. The predicted molar refractivity (Wildman–Crippen MR) is 126 cm³/mol. The predicted octanol–water partition coefficient (Wildman–Crippen LogP) is 3.70. The molecule has 0 saturated heterocycles. The largest absolute Gasteiger partial charge is 0.493 e. The highest BCUT2D eigenvalue weighted by atomic mass is 16.5. The van der Waals surface area contributed by atoms with Crippen molar-refractivity contribution in [2.24, 2.45) is 7.05 Å². The highest BCUT2D eigenvalue weighted by Gasteiger charge is 2.32. The summed E-state index contributed by atoms with van der Waals surface area (Å²) >= 11 is 0. The Kier molecular flexibility index (Phi) is 5.77. The van der Waals surface area contributed by atoms with Crippen LogP contribution in [0.2, 0.25) is 0 Å². The summed E-state index contributed by atoms with van der Waals surface area (Å²) < 4.78 is 24.1. The number of methoxy groups -OCH3 is 1. The lowest BCUT2D eigenvalue weighted by Crippen LogP contribution is -2.32. The van der Waals surface area contributed by atoms with Crippen LogP contribution in [-0.4, -0.2) is 30.9 Å². The summed E-state index contributed by atoms with van der Waals surface area (Å²) in [6, 6.07) is 13.6. The standard InChI is InChI=1S/C27H27NO6/c1-16-12-24-26(27(30)28(16)2)20(15-25(29)34-24)18-5-7-22(23(14-18)31-3)33-10-8-17-4-6-21-19(13-17)9-11-32-21/h4-7,12-14,20H,8-11,15H2,1-3H3/t20-/m1/s1. The Morgan fingerprint density at radius 3 is 2.74 bits per heavy atom. The lowest BCUT2D eigenvalue weighted by Gasteiger charge is -2.26. The third kappa shape index (κ3) is 4.02. The van der Waals surface area contributed by atoms with E-state index in [2.05, 4.69) is 12.1 Å². The Balaban J connectivity index is 1.37. The van der Waals surface area contributed by atoms with Crippen molar-refractivity contribution < 1.29 is 23.7 Å². The number of pyridine rings is 1. The van der Waals surface area contributed by atoms with Gasteiger partial charge >= 0.3 is 5.97 Å². The Bertz CT molecular complexity index is 1330. The van der Waals surface area contributed by atoms with Crippen molar-refractivity contribution in [1.82, 2.24) is 4.57 Å². The zero-order valence-electron chi connectivity index (χ0n) is 19.6. The highest BCUT2D eigenvalue weighted by Crippen LogP contribution is 2.40. The van der Waals surface area contributed by atoms with Gasteiger partial charge in [-0.15, -0.1) is 0 Å². The second kappa shape index (κ2) is 8.89. The number of ether oxygens (including phenoxy) is 4. The molecule has 0 radical (unpaired) electrons. The summed E-state index contributed by atoms with van der Waals surface area (Å²) in [5.41, 5.74) is 4.31. The maximum absolute atomic E-state index is 13.0. The summed E-state index contributed by atoms with van der Waals surface area (Å²) in [6.45, 7) is 3.05. The molecule has 176 valence electrons. The minimum Gasteiger partial charge on any atom is -0.493 e. The van der Waals surface area contributed by atoms with Gasteiger partial charge in [-0.25, -0.2) is 0 Å². The summed E-state index contributed by atoms with van der Waals surface area (Å²) in [6.07, 6.45) is 1.80. The van der Waals surface area contributed by atoms with Gasteiger partial charge in [0.1, 0.15) is 11.5 Å². The molecule has 3 heterocycles. The molecular formula is C27H27NO6. The van der Waals surface area contributed by atoms with Crippen LogP contribution in [0.1, 0.15) is 40.3 Å². The van der Waals surface area contributed by atoms with E-state index in [0.29, 0.717) is 29.4 Å². The van der Waals surface area contributed by atoms with Gasteiger partial charge in [-0.2, -0.15) is 0 Å². The van der Waals surface area contributed by atoms with Gasteiger partial charge in [-0.1, -0.05) is 18.2 Å². The van der Waals surface area contributed by atoms with Crippen molar-refractivity contribution in [1.29, 1.82) is 0 Å². The lowest BCUT2D eigenvalue weighted by atomic mass is 9.86.